The fourth-order valence-electron chi connectivity index (χ4n) is 1.28. The molecule has 0 bridgehead atoms. The van der Waals surface area contributed by atoms with Crippen molar-refractivity contribution in [3.63, 3.8) is 0 Å². The van der Waals surface area contributed by atoms with E-state index in [2.05, 4.69) is 10.6 Å². The highest BCUT2D eigenvalue weighted by atomic mass is 16.1. The molecular weight excluding hydrogens is 202 g/mol. The Morgan fingerprint density at radius 1 is 1.50 bits per heavy atom. The van der Waals surface area contributed by atoms with E-state index >= 15 is 0 Å². The molecule has 84 valence electrons. The lowest BCUT2D eigenvalue weighted by molar-refractivity contribution is -0.116. The van der Waals surface area contributed by atoms with Gasteiger partial charge < -0.3 is 10.6 Å². The Morgan fingerprint density at radius 2 is 2.25 bits per heavy atom. The van der Waals surface area contributed by atoms with Gasteiger partial charge in [0.15, 0.2) is 0 Å². The summed E-state index contributed by atoms with van der Waals surface area (Å²) in [7, 11) is 1.80. The number of rotatable bonds is 4. The Kier molecular flexibility index (Phi) is 4.49. The van der Waals surface area contributed by atoms with E-state index in [-0.39, 0.29) is 5.91 Å². The van der Waals surface area contributed by atoms with Crippen LogP contribution in [-0.4, -0.2) is 19.5 Å². The average Bonchev–Trinajstić information content (AvgIpc) is 2.29. The average molecular weight is 217 g/mol. The largest absolute Gasteiger partial charge is 0.326 e. The molecule has 16 heavy (non-hydrogen) atoms. The van der Waals surface area contributed by atoms with Crippen LogP contribution in [0.3, 0.4) is 0 Å². The second-order valence-corrected chi connectivity index (χ2v) is 3.54. The molecule has 0 aliphatic carbocycles. The summed E-state index contributed by atoms with van der Waals surface area (Å²) in [6.45, 7) is 2.54. The number of carbonyl (C=O) groups is 1. The Morgan fingerprint density at radius 3 is 2.88 bits per heavy atom. The zero-order valence-electron chi connectivity index (χ0n) is 9.50. The Hall–Kier alpha value is -1.86. The second kappa shape index (κ2) is 5.89. The minimum atomic E-state index is -0.0486. The minimum Gasteiger partial charge on any atom is -0.326 e. The molecular formula is C12H15N3O. The molecule has 0 atom stereocenters. The molecule has 0 aromatic heterocycles. The Labute approximate surface area is 95.3 Å². The van der Waals surface area contributed by atoms with Gasteiger partial charge in [-0.15, -0.1) is 0 Å². The molecule has 0 radical (unpaired) electrons. The van der Waals surface area contributed by atoms with Gasteiger partial charge in [-0.25, -0.2) is 0 Å². The van der Waals surface area contributed by atoms with Crippen LogP contribution in [-0.2, 0) is 4.79 Å². The fraction of sp³-hybridized carbons (Fsp3) is 0.333. The van der Waals surface area contributed by atoms with Crippen LogP contribution in [0.25, 0.3) is 0 Å². The summed E-state index contributed by atoms with van der Waals surface area (Å²) in [6.07, 6.45) is 0.423. The number of nitriles is 1. The molecule has 2 N–H and O–H groups in total. The van der Waals surface area contributed by atoms with Gasteiger partial charge >= 0.3 is 0 Å². The number of hydrogen-bond donors (Lipinski definition) is 2. The number of aryl methyl sites for hydroxylation is 1. The molecule has 1 aromatic carbocycles. The maximum absolute atomic E-state index is 11.5. The standard InChI is InChI=1S/C12H15N3O/c1-9-3-4-10(8-13)7-11(9)15-12(16)5-6-14-2/h3-4,7,14H,5-6H2,1-2H3,(H,15,16). The Bertz CT molecular complexity index is 421. The van der Waals surface area contributed by atoms with Crippen LogP contribution >= 0.6 is 0 Å². The first kappa shape index (κ1) is 12.2. The van der Waals surface area contributed by atoms with E-state index in [4.69, 9.17) is 5.26 Å². The third-order valence-electron chi connectivity index (χ3n) is 2.24. The van der Waals surface area contributed by atoms with Crippen molar-refractivity contribution in [1.82, 2.24) is 5.32 Å². The van der Waals surface area contributed by atoms with E-state index in [1.54, 1.807) is 19.2 Å². The first-order valence-electron chi connectivity index (χ1n) is 5.12. The fourth-order valence-corrected chi connectivity index (χ4v) is 1.28. The summed E-state index contributed by atoms with van der Waals surface area (Å²) in [5, 5.41) is 14.5. The van der Waals surface area contributed by atoms with Gasteiger partial charge in [0.1, 0.15) is 0 Å². The highest BCUT2D eigenvalue weighted by Crippen LogP contribution is 2.16. The lowest BCUT2D eigenvalue weighted by Gasteiger charge is -2.08. The number of benzene rings is 1. The highest BCUT2D eigenvalue weighted by Gasteiger charge is 2.04. The lowest BCUT2D eigenvalue weighted by Crippen LogP contribution is -2.19. The highest BCUT2D eigenvalue weighted by molar-refractivity contribution is 5.91. The van der Waals surface area contributed by atoms with Crippen molar-refractivity contribution in [2.45, 2.75) is 13.3 Å². The normalized spacial score (nSPS) is 9.56. The molecule has 0 spiro atoms. The maximum Gasteiger partial charge on any atom is 0.225 e. The molecule has 4 heteroatoms. The minimum absolute atomic E-state index is 0.0486. The van der Waals surface area contributed by atoms with Crippen LogP contribution in [0.5, 0.6) is 0 Å². The van der Waals surface area contributed by atoms with Crippen molar-refractivity contribution < 1.29 is 4.79 Å². The quantitative estimate of drug-likeness (QED) is 0.801. The van der Waals surface area contributed by atoms with E-state index < -0.39 is 0 Å². The summed E-state index contributed by atoms with van der Waals surface area (Å²) < 4.78 is 0. The molecule has 0 unspecified atom stereocenters. The van der Waals surface area contributed by atoms with Crippen molar-refractivity contribution in [2.24, 2.45) is 0 Å². The third-order valence-corrected chi connectivity index (χ3v) is 2.24. The van der Waals surface area contributed by atoms with Crippen LogP contribution in [0.15, 0.2) is 18.2 Å². The van der Waals surface area contributed by atoms with Gasteiger partial charge in [-0.1, -0.05) is 6.07 Å². The van der Waals surface area contributed by atoms with Gasteiger partial charge in [-0.3, -0.25) is 4.79 Å². The van der Waals surface area contributed by atoms with Gasteiger partial charge in [0.25, 0.3) is 0 Å². The van der Waals surface area contributed by atoms with Crippen molar-refractivity contribution in [3.05, 3.63) is 29.3 Å². The predicted octanol–water partition coefficient (Wildman–Crippen LogP) is 1.41. The van der Waals surface area contributed by atoms with Gasteiger partial charge in [-0.05, 0) is 31.7 Å². The smallest absolute Gasteiger partial charge is 0.225 e. The van der Waals surface area contributed by atoms with Crippen LogP contribution in [0.2, 0.25) is 0 Å². The van der Waals surface area contributed by atoms with E-state index in [1.807, 2.05) is 19.1 Å². The van der Waals surface area contributed by atoms with E-state index in [9.17, 15) is 4.79 Å². The number of hydrogen-bond acceptors (Lipinski definition) is 3. The van der Waals surface area contributed by atoms with Crippen molar-refractivity contribution in [1.29, 1.82) is 5.26 Å². The molecule has 0 heterocycles. The third kappa shape index (κ3) is 3.37. The maximum atomic E-state index is 11.5. The zero-order valence-corrected chi connectivity index (χ0v) is 9.50. The zero-order chi connectivity index (χ0) is 12.0. The van der Waals surface area contributed by atoms with Crippen LogP contribution in [0, 0.1) is 18.3 Å². The molecule has 4 nitrogen and oxygen atoms in total. The van der Waals surface area contributed by atoms with Crippen LogP contribution < -0.4 is 10.6 Å². The van der Waals surface area contributed by atoms with Crippen LogP contribution in [0.1, 0.15) is 17.5 Å². The first-order valence-corrected chi connectivity index (χ1v) is 5.12. The van der Waals surface area contributed by atoms with Crippen molar-refractivity contribution in [3.8, 4) is 6.07 Å². The topological polar surface area (TPSA) is 64.9 Å². The second-order valence-electron chi connectivity index (χ2n) is 3.54. The van der Waals surface area contributed by atoms with Crippen LogP contribution in [0.4, 0.5) is 5.69 Å². The van der Waals surface area contributed by atoms with E-state index in [0.717, 1.165) is 5.56 Å². The number of nitrogens with one attached hydrogen (secondary N) is 2. The lowest BCUT2D eigenvalue weighted by atomic mass is 10.1. The van der Waals surface area contributed by atoms with Crippen molar-refractivity contribution in [2.75, 3.05) is 18.9 Å². The first-order chi connectivity index (χ1) is 7.67. The molecule has 0 saturated carbocycles. The van der Waals surface area contributed by atoms with Gasteiger partial charge in [0.05, 0.1) is 11.6 Å². The SMILES string of the molecule is CNCCC(=O)Nc1cc(C#N)ccc1C. The van der Waals surface area contributed by atoms with E-state index in [1.165, 1.54) is 0 Å². The predicted molar refractivity (Wildman–Crippen MR) is 63.1 cm³/mol. The summed E-state index contributed by atoms with van der Waals surface area (Å²) >= 11 is 0. The molecule has 0 aliphatic rings. The number of anilines is 1. The van der Waals surface area contributed by atoms with Gasteiger partial charge in [-0.2, -0.15) is 5.26 Å². The molecule has 1 amide bonds. The van der Waals surface area contributed by atoms with E-state index in [0.29, 0.717) is 24.2 Å². The molecule has 0 saturated heterocycles. The molecule has 1 aromatic rings. The summed E-state index contributed by atoms with van der Waals surface area (Å²) in [5.74, 6) is -0.0486. The molecule has 0 aliphatic heterocycles. The van der Waals surface area contributed by atoms with Gasteiger partial charge in [0, 0.05) is 18.7 Å². The number of amides is 1. The monoisotopic (exact) mass is 217 g/mol. The summed E-state index contributed by atoms with van der Waals surface area (Å²) in [4.78, 5) is 11.5. The van der Waals surface area contributed by atoms with Gasteiger partial charge in [0.2, 0.25) is 5.91 Å². The number of carbonyl (C=O) groups excluding carboxylic acids is 1. The molecule has 1 rings (SSSR count). The Balaban J connectivity index is 2.73. The molecule has 0 fully saturated rings. The number of nitrogens with zero attached hydrogens (tertiary/aromatic N) is 1. The summed E-state index contributed by atoms with van der Waals surface area (Å²) in [5.41, 5.74) is 2.21. The van der Waals surface area contributed by atoms with Crippen molar-refractivity contribution >= 4 is 11.6 Å². The summed E-state index contributed by atoms with van der Waals surface area (Å²) in [6, 6.07) is 7.29.